The fourth-order valence-corrected chi connectivity index (χ4v) is 2.55. The molecule has 0 spiro atoms. The monoisotopic (exact) mass is 313 g/mol. The van der Waals surface area contributed by atoms with Crippen LogP contribution in [0.4, 0.5) is 0 Å². The fourth-order valence-electron chi connectivity index (χ4n) is 2.04. The summed E-state index contributed by atoms with van der Waals surface area (Å²) < 4.78 is 12.4. The minimum Gasteiger partial charge on any atom is -0.490 e. The average Bonchev–Trinajstić information content (AvgIpc) is 2.38. The summed E-state index contributed by atoms with van der Waals surface area (Å²) in [6.07, 6.45) is 3.73. The van der Waals surface area contributed by atoms with Crippen molar-refractivity contribution in [2.45, 2.75) is 38.3 Å². The number of halogens is 1. The first-order chi connectivity index (χ1) is 8.66. The number of benzene rings is 1. The van der Waals surface area contributed by atoms with Crippen molar-refractivity contribution in [2.75, 3.05) is 13.2 Å². The Bertz CT molecular complexity index is 389. The number of rotatable bonds is 4. The van der Waals surface area contributed by atoms with E-state index in [1.807, 2.05) is 25.1 Å². The van der Waals surface area contributed by atoms with Crippen molar-refractivity contribution in [1.29, 1.82) is 0 Å². The molecule has 2 N–H and O–H groups in total. The molecule has 2 atom stereocenters. The van der Waals surface area contributed by atoms with Gasteiger partial charge in [0.15, 0.2) is 0 Å². The number of hydrogen-bond donors (Lipinski definition) is 1. The lowest BCUT2D eigenvalue weighted by Crippen LogP contribution is -2.25. The SMILES string of the molecule is C[C@H](N)c1ccc(OCC2CCCCO2)c(Br)c1. The van der Waals surface area contributed by atoms with Crippen molar-refractivity contribution >= 4 is 15.9 Å². The molecule has 0 aromatic heterocycles. The Labute approximate surface area is 117 Å². The maximum atomic E-state index is 5.84. The Hall–Kier alpha value is -0.580. The lowest BCUT2D eigenvalue weighted by molar-refractivity contribution is -0.0112. The molecular weight excluding hydrogens is 294 g/mol. The summed E-state index contributed by atoms with van der Waals surface area (Å²) in [7, 11) is 0. The van der Waals surface area contributed by atoms with Gasteiger partial charge in [0.2, 0.25) is 0 Å². The lowest BCUT2D eigenvalue weighted by atomic mass is 10.1. The Balaban J connectivity index is 1.92. The fraction of sp³-hybridized carbons (Fsp3) is 0.571. The lowest BCUT2D eigenvalue weighted by Gasteiger charge is -2.23. The van der Waals surface area contributed by atoms with Crippen molar-refractivity contribution in [3.05, 3.63) is 28.2 Å². The smallest absolute Gasteiger partial charge is 0.133 e. The van der Waals surface area contributed by atoms with E-state index < -0.39 is 0 Å². The molecule has 4 heteroatoms. The van der Waals surface area contributed by atoms with Crippen LogP contribution in [0.1, 0.15) is 37.8 Å². The molecule has 1 aliphatic heterocycles. The van der Waals surface area contributed by atoms with E-state index in [1.165, 1.54) is 12.8 Å². The second-order valence-electron chi connectivity index (χ2n) is 4.78. The molecule has 1 fully saturated rings. The van der Waals surface area contributed by atoms with Gasteiger partial charge < -0.3 is 15.2 Å². The highest BCUT2D eigenvalue weighted by molar-refractivity contribution is 9.10. The van der Waals surface area contributed by atoms with Crippen molar-refractivity contribution in [3.8, 4) is 5.75 Å². The van der Waals surface area contributed by atoms with Gasteiger partial charge in [0.25, 0.3) is 0 Å². The molecule has 1 aromatic carbocycles. The first-order valence-electron chi connectivity index (χ1n) is 6.46. The van der Waals surface area contributed by atoms with E-state index in [0.717, 1.165) is 28.8 Å². The molecule has 100 valence electrons. The standard InChI is InChI=1S/C14H20BrNO2/c1-10(16)11-5-6-14(13(15)8-11)18-9-12-4-2-3-7-17-12/h5-6,8,10,12H,2-4,7,9,16H2,1H3/t10-,12?/m0/s1. The maximum absolute atomic E-state index is 5.84. The van der Waals surface area contributed by atoms with E-state index in [4.69, 9.17) is 15.2 Å². The van der Waals surface area contributed by atoms with Crippen LogP contribution >= 0.6 is 15.9 Å². The van der Waals surface area contributed by atoms with E-state index in [-0.39, 0.29) is 12.1 Å². The molecule has 0 aliphatic carbocycles. The van der Waals surface area contributed by atoms with Gasteiger partial charge in [0, 0.05) is 12.6 Å². The second kappa shape index (κ2) is 6.55. The summed E-state index contributed by atoms with van der Waals surface area (Å²) >= 11 is 3.52. The summed E-state index contributed by atoms with van der Waals surface area (Å²) in [6.45, 7) is 3.45. The highest BCUT2D eigenvalue weighted by atomic mass is 79.9. The van der Waals surface area contributed by atoms with Gasteiger partial charge >= 0.3 is 0 Å². The third-order valence-corrected chi connectivity index (χ3v) is 3.80. The molecule has 18 heavy (non-hydrogen) atoms. The molecule has 0 amide bonds. The molecule has 1 unspecified atom stereocenters. The van der Waals surface area contributed by atoms with Crippen LogP contribution in [0, 0.1) is 0 Å². The molecule has 1 saturated heterocycles. The van der Waals surface area contributed by atoms with Crippen molar-refractivity contribution in [2.24, 2.45) is 5.73 Å². The Morgan fingerprint density at radius 3 is 2.94 bits per heavy atom. The van der Waals surface area contributed by atoms with Crippen molar-refractivity contribution in [3.63, 3.8) is 0 Å². The van der Waals surface area contributed by atoms with Crippen LogP contribution in [-0.2, 0) is 4.74 Å². The normalized spacial score (nSPS) is 21.6. The topological polar surface area (TPSA) is 44.5 Å². The van der Waals surface area contributed by atoms with Gasteiger partial charge in [-0.15, -0.1) is 0 Å². The molecule has 2 rings (SSSR count). The molecule has 3 nitrogen and oxygen atoms in total. The Morgan fingerprint density at radius 1 is 1.50 bits per heavy atom. The zero-order valence-corrected chi connectivity index (χ0v) is 12.3. The zero-order chi connectivity index (χ0) is 13.0. The predicted molar refractivity (Wildman–Crippen MR) is 75.8 cm³/mol. The third-order valence-electron chi connectivity index (χ3n) is 3.18. The van der Waals surface area contributed by atoms with Crippen LogP contribution in [0.15, 0.2) is 22.7 Å². The van der Waals surface area contributed by atoms with Gasteiger partial charge in [-0.2, -0.15) is 0 Å². The van der Waals surface area contributed by atoms with Crippen molar-refractivity contribution < 1.29 is 9.47 Å². The highest BCUT2D eigenvalue weighted by Gasteiger charge is 2.15. The minimum atomic E-state index is 0.0389. The first kappa shape index (κ1) is 13.8. The molecule has 1 heterocycles. The van der Waals surface area contributed by atoms with Gasteiger partial charge in [-0.3, -0.25) is 0 Å². The number of ether oxygens (including phenoxy) is 2. The van der Waals surface area contributed by atoms with E-state index in [0.29, 0.717) is 6.61 Å². The third kappa shape index (κ3) is 3.70. The summed E-state index contributed by atoms with van der Waals surface area (Å²) in [6, 6.07) is 6.02. The molecular formula is C14H20BrNO2. The average molecular weight is 314 g/mol. The first-order valence-corrected chi connectivity index (χ1v) is 7.25. The van der Waals surface area contributed by atoms with Crippen LogP contribution < -0.4 is 10.5 Å². The van der Waals surface area contributed by atoms with Gasteiger partial charge in [-0.1, -0.05) is 6.07 Å². The van der Waals surface area contributed by atoms with Gasteiger partial charge in [0.05, 0.1) is 10.6 Å². The Kier molecular flexibility index (Phi) is 5.03. The molecule has 0 bridgehead atoms. The van der Waals surface area contributed by atoms with E-state index in [2.05, 4.69) is 15.9 Å². The molecule has 1 aliphatic rings. The summed E-state index contributed by atoms with van der Waals surface area (Å²) in [5.41, 5.74) is 6.94. The predicted octanol–water partition coefficient (Wildman–Crippen LogP) is 3.42. The van der Waals surface area contributed by atoms with Gasteiger partial charge in [-0.05, 0) is 59.8 Å². The van der Waals surface area contributed by atoms with Crippen LogP contribution in [0.25, 0.3) is 0 Å². The van der Waals surface area contributed by atoms with Crippen molar-refractivity contribution in [1.82, 2.24) is 0 Å². The van der Waals surface area contributed by atoms with E-state index >= 15 is 0 Å². The van der Waals surface area contributed by atoms with Crippen LogP contribution in [0.3, 0.4) is 0 Å². The minimum absolute atomic E-state index is 0.0389. The number of hydrogen-bond acceptors (Lipinski definition) is 3. The second-order valence-corrected chi connectivity index (χ2v) is 5.63. The largest absolute Gasteiger partial charge is 0.490 e. The molecule has 0 radical (unpaired) electrons. The van der Waals surface area contributed by atoms with Gasteiger partial charge in [-0.25, -0.2) is 0 Å². The van der Waals surface area contributed by atoms with Crippen LogP contribution in [-0.4, -0.2) is 19.3 Å². The van der Waals surface area contributed by atoms with E-state index in [1.54, 1.807) is 0 Å². The highest BCUT2D eigenvalue weighted by Crippen LogP contribution is 2.28. The molecule has 1 aromatic rings. The zero-order valence-electron chi connectivity index (χ0n) is 10.7. The van der Waals surface area contributed by atoms with E-state index in [9.17, 15) is 0 Å². The van der Waals surface area contributed by atoms with Crippen LogP contribution in [0.5, 0.6) is 5.75 Å². The summed E-state index contributed by atoms with van der Waals surface area (Å²) in [5.74, 6) is 0.855. The summed E-state index contributed by atoms with van der Waals surface area (Å²) in [5, 5.41) is 0. The maximum Gasteiger partial charge on any atom is 0.133 e. The van der Waals surface area contributed by atoms with Crippen LogP contribution in [0.2, 0.25) is 0 Å². The molecule has 0 saturated carbocycles. The van der Waals surface area contributed by atoms with Gasteiger partial charge in [0.1, 0.15) is 12.4 Å². The summed E-state index contributed by atoms with van der Waals surface area (Å²) in [4.78, 5) is 0. The number of nitrogens with two attached hydrogens (primary N) is 1. The Morgan fingerprint density at radius 2 is 2.33 bits per heavy atom. The quantitative estimate of drug-likeness (QED) is 0.926.